The second-order valence-corrected chi connectivity index (χ2v) is 4.81. The van der Waals surface area contributed by atoms with Gasteiger partial charge in [-0.15, -0.1) is 0 Å². The van der Waals surface area contributed by atoms with Crippen molar-refractivity contribution in [1.29, 1.82) is 0 Å². The highest BCUT2D eigenvalue weighted by Gasteiger charge is 2.13. The number of hydrogen-bond acceptors (Lipinski definition) is 6. The fourth-order valence-electron chi connectivity index (χ4n) is 2.28. The summed E-state index contributed by atoms with van der Waals surface area (Å²) in [6.45, 7) is 1.30. The van der Waals surface area contributed by atoms with E-state index in [1.807, 2.05) is 0 Å². The number of anilines is 1. The van der Waals surface area contributed by atoms with E-state index in [0.29, 0.717) is 25.1 Å². The van der Waals surface area contributed by atoms with Crippen molar-refractivity contribution in [3.05, 3.63) is 18.1 Å². The summed E-state index contributed by atoms with van der Waals surface area (Å²) in [5.74, 6) is 0.130. The lowest BCUT2D eigenvalue weighted by atomic mass is 9.98. The van der Waals surface area contributed by atoms with Crippen molar-refractivity contribution in [2.45, 2.75) is 38.2 Å². The largest absolute Gasteiger partial charge is 0.463 e. The molecule has 1 aromatic rings. The molecule has 20 heavy (non-hydrogen) atoms. The number of esters is 1. The molecule has 2 rings (SSSR count). The molecule has 110 valence electrons. The van der Waals surface area contributed by atoms with E-state index in [-0.39, 0.29) is 5.82 Å². The van der Waals surface area contributed by atoms with Crippen LogP contribution in [0.1, 0.15) is 42.7 Å². The number of carbonyl (C=O) groups excluding carboxylic acids is 1. The highest BCUT2D eigenvalue weighted by atomic mass is 16.5. The quantitative estimate of drug-likeness (QED) is 0.634. The van der Waals surface area contributed by atoms with E-state index in [4.69, 9.17) is 4.74 Å². The third-order valence-electron chi connectivity index (χ3n) is 3.34. The highest BCUT2D eigenvalue weighted by molar-refractivity contribution is 5.85. The van der Waals surface area contributed by atoms with Gasteiger partial charge in [0.1, 0.15) is 5.82 Å². The first kappa shape index (κ1) is 14.7. The zero-order chi connectivity index (χ0) is 14.2. The minimum atomic E-state index is -0.535. The lowest BCUT2D eigenvalue weighted by molar-refractivity contribution is 0.0347. The average Bonchev–Trinajstić information content (AvgIpc) is 2.52. The first-order chi connectivity index (χ1) is 9.79. The topological polar surface area (TPSA) is 73.3 Å². The third kappa shape index (κ3) is 4.45. The number of methoxy groups -OCH3 is 1. The molecule has 6 heteroatoms. The normalized spacial score (nSPS) is 15.8. The predicted molar refractivity (Wildman–Crippen MR) is 74.7 cm³/mol. The Morgan fingerprint density at radius 3 is 2.95 bits per heavy atom. The summed E-state index contributed by atoms with van der Waals surface area (Å²) < 4.78 is 10.4. The van der Waals surface area contributed by atoms with E-state index >= 15 is 0 Å². The first-order valence-electron chi connectivity index (χ1n) is 7.06. The van der Waals surface area contributed by atoms with Crippen LogP contribution in [0.2, 0.25) is 0 Å². The molecule has 0 bridgehead atoms. The Bertz CT molecular complexity index is 433. The molecule has 1 fully saturated rings. The molecule has 0 aliphatic heterocycles. The number of ether oxygens (including phenoxy) is 2. The summed E-state index contributed by atoms with van der Waals surface area (Å²) in [4.78, 5) is 19.2. The van der Waals surface area contributed by atoms with E-state index in [9.17, 15) is 4.79 Å². The van der Waals surface area contributed by atoms with Gasteiger partial charge in [-0.1, -0.05) is 19.3 Å². The lowest BCUT2D eigenvalue weighted by Crippen LogP contribution is -2.21. The number of carbonyl (C=O) groups is 1. The van der Waals surface area contributed by atoms with Gasteiger partial charge in [-0.25, -0.2) is 14.8 Å². The van der Waals surface area contributed by atoms with Crippen molar-refractivity contribution in [2.24, 2.45) is 0 Å². The minimum absolute atomic E-state index is 0.0608. The Morgan fingerprint density at radius 1 is 1.40 bits per heavy atom. The molecule has 1 heterocycles. The molecular formula is C14H21N3O3. The zero-order valence-electron chi connectivity index (χ0n) is 11.8. The van der Waals surface area contributed by atoms with Crippen LogP contribution >= 0.6 is 0 Å². The SMILES string of the molecule is COC(=O)c1nccc(NCCOC2CCCCC2)n1. The second kappa shape index (κ2) is 7.79. The van der Waals surface area contributed by atoms with E-state index < -0.39 is 5.97 Å². The maximum absolute atomic E-state index is 11.3. The summed E-state index contributed by atoms with van der Waals surface area (Å²) in [5, 5.41) is 3.12. The minimum Gasteiger partial charge on any atom is -0.463 e. The van der Waals surface area contributed by atoms with E-state index in [2.05, 4.69) is 20.0 Å². The van der Waals surface area contributed by atoms with Crippen LogP contribution in [0.3, 0.4) is 0 Å². The fraction of sp³-hybridized carbons (Fsp3) is 0.643. The number of nitrogens with one attached hydrogen (secondary N) is 1. The molecule has 0 atom stereocenters. The van der Waals surface area contributed by atoms with Gasteiger partial charge in [0.25, 0.3) is 0 Å². The van der Waals surface area contributed by atoms with Crippen LogP contribution in [0.4, 0.5) is 5.82 Å². The van der Waals surface area contributed by atoms with E-state index in [1.54, 1.807) is 6.07 Å². The monoisotopic (exact) mass is 279 g/mol. The summed E-state index contributed by atoms with van der Waals surface area (Å²) in [6.07, 6.45) is 8.14. The molecule has 6 nitrogen and oxygen atoms in total. The first-order valence-corrected chi connectivity index (χ1v) is 7.06. The van der Waals surface area contributed by atoms with Crippen LogP contribution in [0.15, 0.2) is 12.3 Å². The van der Waals surface area contributed by atoms with E-state index in [1.165, 1.54) is 45.4 Å². The second-order valence-electron chi connectivity index (χ2n) is 4.81. The maximum atomic E-state index is 11.3. The van der Waals surface area contributed by atoms with Crippen LogP contribution in [-0.4, -0.2) is 42.3 Å². The molecule has 0 radical (unpaired) electrons. The summed E-state index contributed by atoms with van der Waals surface area (Å²) in [5.41, 5.74) is 0. The van der Waals surface area contributed by atoms with Gasteiger partial charge in [0.2, 0.25) is 5.82 Å². The van der Waals surface area contributed by atoms with Crippen LogP contribution in [0.5, 0.6) is 0 Å². The van der Waals surface area contributed by atoms with E-state index in [0.717, 1.165) is 0 Å². The third-order valence-corrected chi connectivity index (χ3v) is 3.34. The van der Waals surface area contributed by atoms with Gasteiger partial charge in [0.15, 0.2) is 0 Å². The Hall–Kier alpha value is -1.69. The molecule has 1 aromatic heterocycles. The Kier molecular flexibility index (Phi) is 5.73. The lowest BCUT2D eigenvalue weighted by Gasteiger charge is -2.22. The van der Waals surface area contributed by atoms with Crippen molar-refractivity contribution in [1.82, 2.24) is 9.97 Å². The van der Waals surface area contributed by atoms with Crippen LogP contribution in [0, 0.1) is 0 Å². The smallest absolute Gasteiger partial charge is 0.376 e. The molecular weight excluding hydrogens is 258 g/mol. The fourth-order valence-corrected chi connectivity index (χ4v) is 2.28. The summed E-state index contributed by atoms with van der Waals surface area (Å²) >= 11 is 0. The number of hydrogen-bond donors (Lipinski definition) is 1. The van der Waals surface area contributed by atoms with Crippen molar-refractivity contribution in [3.63, 3.8) is 0 Å². The van der Waals surface area contributed by atoms with Crippen molar-refractivity contribution in [2.75, 3.05) is 25.6 Å². The summed E-state index contributed by atoms with van der Waals surface area (Å²) in [6, 6.07) is 1.72. The number of nitrogens with zero attached hydrogens (tertiary/aromatic N) is 2. The van der Waals surface area contributed by atoms with Gasteiger partial charge in [0.05, 0.1) is 19.8 Å². The Morgan fingerprint density at radius 2 is 2.20 bits per heavy atom. The average molecular weight is 279 g/mol. The molecule has 1 aliphatic rings. The summed E-state index contributed by atoms with van der Waals surface area (Å²) in [7, 11) is 1.31. The maximum Gasteiger partial charge on any atom is 0.376 e. The molecule has 0 saturated heterocycles. The Labute approximate surface area is 118 Å². The Balaban J connectivity index is 1.72. The van der Waals surface area contributed by atoms with Crippen molar-refractivity contribution in [3.8, 4) is 0 Å². The molecule has 1 aliphatic carbocycles. The van der Waals surface area contributed by atoms with Gasteiger partial charge >= 0.3 is 5.97 Å². The number of aromatic nitrogens is 2. The van der Waals surface area contributed by atoms with Gasteiger partial charge in [0, 0.05) is 12.7 Å². The molecule has 1 N–H and O–H groups in total. The van der Waals surface area contributed by atoms with Crippen molar-refractivity contribution >= 4 is 11.8 Å². The predicted octanol–water partition coefficient (Wildman–Crippen LogP) is 2.02. The number of rotatable bonds is 6. The van der Waals surface area contributed by atoms with Gasteiger partial charge in [-0.3, -0.25) is 0 Å². The molecule has 0 aromatic carbocycles. The standard InChI is InChI=1S/C14H21N3O3/c1-19-14(18)13-16-8-7-12(17-13)15-9-10-20-11-5-3-2-4-6-11/h7-8,11H,2-6,9-10H2,1H3,(H,15,16,17). The zero-order valence-corrected chi connectivity index (χ0v) is 11.8. The molecule has 0 amide bonds. The molecule has 1 saturated carbocycles. The van der Waals surface area contributed by atoms with Crippen molar-refractivity contribution < 1.29 is 14.3 Å². The molecule has 0 spiro atoms. The van der Waals surface area contributed by atoms with Crippen LogP contribution in [-0.2, 0) is 9.47 Å². The van der Waals surface area contributed by atoms with Gasteiger partial charge in [-0.2, -0.15) is 0 Å². The van der Waals surface area contributed by atoms with Gasteiger partial charge in [-0.05, 0) is 18.9 Å². The van der Waals surface area contributed by atoms with Crippen LogP contribution < -0.4 is 5.32 Å². The van der Waals surface area contributed by atoms with Crippen LogP contribution in [0.25, 0.3) is 0 Å². The highest BCUT2D eigenvalue weighted by Crippen LogP contribution is 2.19. The van der Waals surface area contributed by atoms with Gasteiger partial charge < -0.3 is 14.8 Å². The molecule has 0 unspecified atom stereocenters.